The molecule has 0 aromatic carbocycles. The fourth-order valence-corrected chi connectivity index (χ4v) is 2.59. The molecule has 0 fully saturated rings. The Morgan fingerprint density at radius 1 is 1.00 bits per heavy atom. The van der Waals surface area contributed by atoms with Crippen LogP contribution in [0.2, 0.25) is 0 Å². The molecule has 0 saturated heterocycles. The van der Waals surface area contributed by atoms with E-state index in [1.54, 1.807) is 0 Å². The standard InChI is InChI=1S/C17H18F3N9O2/c18-17(19,20)12-5-11(6-22-8-12)7-23-16(31)14-10-29(27-25-14)4-2-1-3-28-9-13(15(21)30)24-26-28/h5-6,8-10H,1-4,7H2,(H2,21,30)(H,23,31). The molecule has 14 heteroatoms. The van der Waals surface area contributed by atoms with Crippen LogP contribution in [0.25, 0.3) is 0 Å². The first kappa shape index (κ1) is 21.9. The van der Waals surface area contributed by atoms with Gasteiger partial charge in [0.25, 0.3) is 11.8 Å². The van der Waals surface area contributed by atoms with E-state index in [0.29, 0.717) is 25.9 Å². The van der Waals surface area contributed by atoms with Gasteiger partial charge >= 0.3 is 6.18 Å². The number of carbonyl (C=O) groups excluding carboxylic acids is 2. The van der Waals surface area contributed by atoms with Crippen LogP contribution in [-0.2, 0) is 25.8 Å². The van der Waals surface area contributed by atoms with Gasteiger partial charge in [0.2, 0.25) is 0 Å². The molecule has 3 heterocycles. The van der Waals surface area contributed by atoms with Crippen LogP contribution >= 0.6 is 0 Å². The summed E-state index contributed by atoms with van der Waals surface area (Å²) >= 11 is 0. The molecular formula is C17H18F3N9O2. The van der Waals surface area contributed by atoms with Crippen LogP contribution in [0.1, 0.15) is 44.9 Å². The summed E-state index contributed by atoms with van der Waals surface area (Å²) in [4.78, 5) is 26.7. The molecule has 3 aromatic heterocycles. The van der Waals surface area contributed by atoms with E-state index in [9.17, 15) is 22.8 Å². The van der Waals surface area contributed by atoms with E-state index in [1.807, 2.05) is 0 Å². The lowest BCUT2D eigenvalue weighted by Crippen LogP contribution is -2.23. The molecule has 0 aliphatic heterocycles. The molecule has 0 aliphatic carbocycles. The van der Waals surface area contributed by atoms with Crippen LogP contribution in [0.15, 0.2) is 30.9 Å². The zero-order valence-corrected chi connectivity index (χ0v) is 16.1. The fraction of sp³-hybridized carbons (Fsp3) is 0.353. The van der Waals surface area contributed by atoms with Crippen molar-refractivity contribution in [2.75, 3.05) is 0 Å². The van der Waals surface area contributed by atoms with Gasteiger partial charge in [-0.05, 0) is 24.5 Å². The number of carbonyl (C=O) groups is 2. The third-order valence-corrected chi connectivity index (χ3v) is 4.16. The first-order valence-electron chi connectivity index (χ1n) is 9.12. The topological polar surface area (TPSA) is 146 Å². The van der Waals surface area contributed by atoms with E-state index in [-0.39, 0.29) is 23.5 Å². The summed E-state index contributed by atoms with van der Waals surface area (Å²) in [5.74, 6) is -1.21. The zero-order chi connectivity index (χ0) is 22.4. The molecule has 2 amide bonds. The van der Waals surface area contributed by atoms with Crippen molar-refractivity contribution >= 4 is 11.8 Å². The number of primary amides is 1. The van der Waals surface area contributed by atoms with E-state index >= 15 is 0 Å². The molecule has 3 rings (SSSR count). The molecule has 164 valence electrons. The van der Waals surface area contributed by atoms with Gasteiger partial charge in [-0.25, -0.2) is 0 Å². The minimum absolute atomic E-state index is 0.0438. The molecule has 31 heavy (non-hydrogen) atoms. The zero-order valence-electron chi connectivity index (χ0n) is 16.1. The van der Waals surface area contributed by atoms with Gasteiger partial charge in [-0.3, -0.25) is 23.9 Å². The second-order valence-corrected chi connectivity index (χ2v) is 6.57. The van der Waals surface area contributed by atoms with Crippen molar-refractivity contribution in [3.8, 4) is 0 Å². The highest BCUT2D eigenvalue weighted by atomic mass is 19.4. The molecule has 0 spiro atoms. The highest BCUT2D eigenvalue weighted by Gasteiger charge is 2.31. The van der Waals surface area contributed by atoms with E-state index in [1.165, 1.54) is 28.0 Å². The Hall–Kier alpha value is -3.84. The number of aryl methyl sites for hydroxylation is 2. The molecule has 11 nitrogen and oxygen atoms in total. The minimum Gasteiger partial charge on any atom is -0.364 e. The summed E-state index contributed by atoms with van der Waals surface area (Å²) in [5.41, 5.74) is 4.57. The van der Waals surface area contributed by atoms with E-state index in [4.69, 9.17) is 5.73 Å². The molecular weight excluding hydrogens is 419 g/mol. The number of nitrogens with two attached hydrogens (primary N) is 1. The van der Waals surface area contributed by atoms with Crippen molar-refractivity contribution in [1.29, 1.82) is 0 Å². The maximum atomic E-state index is 12.7. The van der Waals surface area contributed by atoms with Crippen LogP contribution in [-0.4, -0.2) is 46.8 Å². The summed E-state index contributed by atoms with van der Waals surface area (Å²) < 4.78 is 41.1. The maximum absolute atomic E-state index is 12.7. The summed E-state index contributed by atoms with van der Waals surface area (Å²) in [7, 11) is 0. The van der Waals surface area contributed by atoms with Crippen LogP contribution in [0, 0.1) is 0 Å². The largest absolute Gasteiger partial charge is 0.417 e. The van der Waals surface area contributed by atoms with Gasteiger partial charge in [-0.1, -0.05) is 10.4 Å². The Balaban J connectivity index is 1.44. The number of rotatable bonds is 9. The first-order chi connectivity index (χ1) is 14.7. The van der Waals surface area contributed by atoms with Crippen molar-refractivity contribution in [2.45, 2.75) is 38.7 Å². The third-order valence-electron chi connectivity index (χ3n) is 4.16. The van der Waals surface area contributed by atoms with Crippen molar-refractivity contribution in [2.24, 2.45) is 5.73 Å². The van der Waals surface area contributed by atoms with Crippen molar-refractivity contribution in [3.05, 3.63) is 53.4 Å². The minimum atomic E-state index is -4.51. The molecule has 0 bridgehead atoms. The average Bonchev–Trinajstić information content (AvgIpc) is 3.39. The summed E-state index contributed by atoms with van der Waals surface area (Å²) in [6.07, 6.45) is 1.75. The third kappa shape index (κ3) is 6.07. The van der Waals surface area contributed by atoms with Crippen molar-refractivity contribution < 1.29 is 22.8 Å². The highest BCUT2D eigenvalue weighted by Crippen LogP contribution is 2.28. The van der Waals surface area contributed by atoms with Gasteiger partial charge in [-0.15, -0.1) is 10.2 Å². The average molecular weight is 437 g/mol. The first-order valence-corrected chi connectivity index (χ1v) is 9.12. The lowest BCUT2D eigenvalue weighted by atomic mass is 10.2. The number of pyridine rings is 1. The number of nitrogens with zero attached hydrogens (tertiary/aromatic N) is 7. The molecule has 0 saturated carbocycles. The highest BCUT2D eigenvalue weighted by molar-refractivity contribution is 5.91. The predicted molar refractivity (Wildman–Crippen MR) is 98.2 cm³/mol. The predicted octanol–water partition coefficient (Wildman–Crippen LogP) is 0.793. The number of halogens is 3. The van der Waals surface area contributed by atoms with E-state index in [2.05, 4.69) is 30.9 Å². The van der Waals surface area contributed by atoms with Crippen LogP contribution in [0.3, 0.4) is 0 Å². The van der Waals surface area contributed by atoms with Gasteiger partial charge in [0.05, 0.1) is 18.0 Å². The van der Waals surface area contributed by atoms with Gasteiger partial charge in [0.1, 0.15) is 0 Å². The number of amides is 2. The number of hydrogen-bond donors (Lipinski definition) is 2. The Morgan fingerprint density at radius 3 is 2.19 bits per heavy atom. The maximum Gasteiger partial charge on any atom is 0.417 e. The Kier molecular flexibility index (Phi) is 6.57. The van der Waals surface area contributed by atoms with E-state index in [0.717, 1.165) is 12.3 Å². The summed E-state index contributed by atoms with van der Waals surface area (Å²) in [6.45, 7) is 0.871. The smallest absolute Gasteiger partial charge is 0.364 e. The second-order valence-electron chi connectivity index (χ2n) is 6.57. The quantitative estimate of drug-likeness (QED) is 0.471. The van der Waals surface area contributed by atoms with Gasteiger partial charge < -0.3 is 11.1 Å². The van der Waals surface area contributed by atoms with E-state index < -0.39 is 23.6 Å². The number of nitrogens with one attached hydrogen (secondary N) is 1. The fourth-order valence-electron chi connectivity index (χ4n) is 2.59. The second kappa shape index (κ2) is 9.32. The van der Waals surface area contributed by atoms with Crippen LogP contribution < -0.4 is 11.1 Å². The Labute approximate surface area is 173 Å². The van der Waals surface area contributed by atoms with Gasteiger partial charge in [0.15, 0.2) is 11.4 Å². The molecule has 3 aromatic rings. The van der Waals surface area contributed by atoms with Crippen LogP contribution in [0.5, 0.6) is 0 Å². The number of hydrogen-bond acceptors (Lipinski definition) is 7. The van der Waals surface area contributed by atoms with Crippen molar-refractivity contribution in [3.63, 3.8) is 0 Å². The lowest BCUT2D eigenvalue weighted by molar-refractivity contribution is -0.137. The monoisotopic (exact) mass is 437 g/mol. The normalized spacial score (nSPS) is 11.5. The SMILES string of the molecule is NC(=O)c1cn(CCCCn2cc(C(=O)NCc3cncc(C(F)(F)F)c3)nn2)nn1. The number of alkyl halides is 3. The van der Waals surface area contributed by atoms with Gasteiger partial charge in [-0.2, -0.15) is 13.2 Å². The Morgan fingerprint density at radius 2 is 1.61 bits per heavy atom. The molecule has 3 N–H and O–H groups in total. The lowest BCUT2D eigenvalue weighted by Gasteiger charge is -2.08. The number of aromatic nitrogens is 7. The van der Waals surface area contributed by atoms with Gasteiger partial charge in [0, 0.05) is 32.0 Å². The molecule has 0 unspecified atom stereocenters. The summed E-state index contributed by atoms with van der Waals surface area (Å²) in [6, 6.07) is 0.922. The Bertz CT molecular complexity index is 1060. The summed E-state index contributed by atoms with van der Waals surface area (Å²) in [5, 5.41) is 17.5. The molecule has 0 aliphatic rings. The van der Waals surface area contributed by atoms with Crippen molar-refractivity contribution in [1.82, 2.24) is 40.3 Å². The van der Waals surface area contributed by atoms with Crippen LogP contribution in [0.4, 0.5) is 13.2 Å². The molecule has 0 atom stereocenters. The number of unbranched alkanes of at least 4 members (excludes halogenated alkanes) is 1. The molecule has 0 radical (unpaired) electrons.